The maximum Gasteiger partial charge on any atom is 0.224 e. The molecule has 0 aliphatic heterocycles. The first-order chi connectivity index (χ1) is 9.01. The molecule has 0 radical (unpaired) electrons. The summed E-state index contributed by atoms with van der Waals surface area (Å²) in [5, 5.41) is 2.79. The molecule has 0 heterocycles. The van der Waals surface area contributed by atoms with Gasteiger partial charge in [-0.15, -0.1) is 0 Å². The third kappa shape index (κ3) is 4.13. The van der Waals surface area contributed by atoms with Gasteiger partial charge < -0.3 is 20.5 Å². The Morgan fingerprint density at radius 3 is 2.42 bits per heavy atom. The Morgan fingerprint density at radius 1 is 1.32 bits per heavy atom. The second-order valence-corrected chi connectivity index (χ2v) is 4.45. The quantitative estimate of drug-likeness (QED) is 0.825. The summed E-state index contributed by atoms with van der Waals surface area (Å²) in [4.78, 5) is 11.5. The SMILES string of the molecule is CCC(=O)Nc1cc(OC)c(C[C@H](C)N)cc1OC. The molecule has 0 spiro atoms. The Labute approximate surface area is 114 Å². The molecule has 0 saturated heterocycles. The average molecular weight is 266 g/mol. The Morgan fingerprint density at radius 2 is 1.95 bits per heavy atom. The van der Waals surface area contributed by atoms with E-state index >= 15 is 0 Å². The zero-order valence-corrected chi connectivity index (χ0v) is 11.9. The van der Waals surface area contributed by atoms with Gasteiger partial charge in [0.05, 0.1) is 19.9 Å². The van der Waals surface area contributed by atoms with Gasteiger partial charge in [0.15, 0.2) is 0 Å². The molecule has 0 aliphatic rings. The Hall–Kier alpha value is -1.75. The van der Waals surface area contributed by atoms with Crippen LogP contribution in [0.15, 0.2) is 12.1 Å². The molecular formula is C14H22N2O3. The van der Waals surface area contributed by atoms with Crippen LogP contribution in [0.3, 0.4) is 0 Å². The van der Waals surface area contributed by atoms with E-state index in [1.165, 1.54) is 0 Å². The molecule has 19 heavy (non-hydrogen) atoms. The fraction of sp³-hybridized carbons (Fsp3) is 0.500. The lowest BCUT2D eigenvalue weighted by atomic mass is 10.0. The zero-order chi connectivity index (χ0) is 14.4. The second-order valence-electron chi connectivity index (χ2n) is 4.45. The van der Waals surface area contributed by atoms with Gasteiger partial charge in [-0.05, 0) is 25.0 Å². The predicted octanol–water partition coefficient (Wildman–Crippen LogP) is 1.94. The number of anilines is 1. The predicted molar refractivity (Wildman–Crippen MR) is 75.8 cm³/mol. The number of nitrogens with two attached hydrogens (primary N) is 1. The number of hydrogen-bond donors (Lipinski definition) is 2. The number of nitrogens with one attached hydrogen (secondary N) is 1. The van der Waals surface area contributed by atoms with Crippen LogP contribution in [0.4, 0.5) is 5.69 Å². The number of carbonyl (C=O) groups is 1. The standard InChI is InChI=1S/C14H22N2O3/c1-5-14(17)16-11-8-12(18-3)10(6-9(2)15)7-13(11)19-4/h7-9H,5-6,15H2,1-4H3,(H,16,17)/t9-/m0/s1. The molecule has 1 atom stereocenters. The highest BCUT2D eigenvalue weighted by Gasteiger charge is 2.13. The molecule has 1 aromatic carbocycles. The molecule has 1 rings (SSSR count). The maximum absolute atomic E-state index is 11.5. The van der Waals surface area contributed by atoms with Gasteiger partial charge in [-0.1, -0.05) is 6.92 Å². The third-order valence-electron chi connectivity index (χ3n) is 2.74. The summed E-state index contributed by atoms with van der Waals surface area (Å²) in [6.45, 7) is 3.72. The van der Waals surface area contributed by atoms with E-state index in [9.17, 15) is 4.79 Å². The molecule has 5 nitrogen and oxygen atoms in total. The van der Waals surface area contributed by atoms with E-state index in [-0.39, 0.29) is 11.9 Å². The number of methoxy groups -OCH3 is 2. The summed E-state index contributed by atoms with van der Waals surface area (Å²) in [6.07, 6.45) is 1.09. The molecular weight excluding hydrogens is 244 g/mol. The maximum atomic E-state index is 11.5. The molecule has 0 aromatic heterocycles. The van der Waals surface area contributed by atoms with Gasteiger partial charge in [0, 0.05) is 18.5 Å². The highest BCUT2D eigenvalue weighted by atomic mass is 16.5. The lowest BCUT2D eigenvalue weighted by Crippen LogP contribution is -2.18. The molecule has 1 amide bonds. The Kier molecular flexibility index (Phi) is 5.63. The first-order valence-corrected chi connectivity index (χ1v) is 6.32. The first-order valence-electron chi connectivity index (χ1n) is 6.32. The third-order valence-corrected chi connectivity index (χ3v) is 2.74. The molecule has 0 fully saturated rings. The molecule has 0 bridgehead atoms. The van der Waals surface area contributed by atoms with E-state index in [4.69, 9.17) is 15.2 Å². The monoisotopic (exact) mass is 266 g/mol. The van der Waals surface area contributed by atoms with Crippen LogP contribution in [0.25, 0.3) is 0 Å². The summed E-state index contributed by atoms with van der Waals surface area (Å²) in [5.41, 5.74) is 7.39. The number of amides is 1. The summed E-state index contributed by atoms with van der Waals surface area (Å²) in [5.74, 6) is 1.24. The van der Waals surface area contributed by atoms with E-state index in [1.54, 1.807) is 27.2 Å². The minimum atomic E-state index is -0.0692. The molecule has 0 saturated carbocycles. The van der Waals surface area contributed by atoms with Crippen molar-refractivity contribution in [2.75, 3.05) is 19.5 Å². The van der Waals surface area contributed by atoms with Crippen molar-refractivity contribution in [3.63, 3.8) is 0 Å². The van der Waals surface area contributed by atoms with Crippen LogP contribution in [0.5, 0.6) is 11.5 Å². The molecule has 0 aliphatic carbocycles. The van der Waals surface area contributed by atoms with Gasteiger partial charge >= 0.3 is 0 Å². The van der Waals surface area contributed by atoms with Gasteiger partial charge in [-0.25, -0.2) is 0 Å². The number of carbonyl (C=O) groups excluding carboxylic acids is 1. The van der Waals surface area contributed by atoms with Crippen molar-refractivity contribution in [3.8, 4) is 11.5 Å². The van der Waals surface area contributed by atoms with Crippen LogP contribution in [0.2, 0.25) is 0 Å². The largest absolute Gasteiger partial charge is 0.496 e. The van der Waals surface area contributed by atoms with Crippen molar-refractivity contribution in [1.29, 1.82) is 0 Å². The normalized spacial score (nSPS) is 11.8. The van der Waals surface area contributed by atoms with Gasteiger partial charge in [-0.2, -0.15) is 0 Å². The van der Waals surface area contributed by atoms with Crippen molar-refractivity contribution >= 4 is 11.6 Å². The van der Waals surface area contributed by atoms with Crippen LogP contribution in [0, 0.1) is 0 Å². The van der Waals surface area contributed by atoms with Gasteiger partial charge in [0.1, 0.15) is 11.5 Å². The average Bonchev–Trinajstić information content (AvgIpc) is 2.38. The van der Waals surface area contributed by atoms with Crippen molar-refractivity contribution in [2.24, 2.45) is 5.73 Å². The summed E-state index contributed by atoms with van der Waals surface area (Å²) in [7, 11) is 3.16. The minimum Gasteiger partial charge on any atom is -0.496 e. The van der Waals surface area contributed by atoms with Crippen LogP contribution >= 0.6 is 0 Å². The number of benzene rings is 1. The van der Waals surface area contributed by atoms with Crippen molar-refractivity contribution in [3.05, 3.63) is 17.7 Å². The Bertz CT molecular complexity index is 445. The summed E-state index contributed by atoms with van der Waals surface area (Å²) >= 11 is 0. The molecule has 5 heteroatoms. The highest BCUT2D eigenvalue weighted by Crippen LogP contribution is 2.33. The summed E-state index contributed by atoms with van der Waals surface area (Å²) in [6, 6.07) is 3.65. The van der Waals surface area contributed by atoms with E-state index in [1.807, 2.05) is 13.0 Å². The smallest absolute Gasteiger partial charge is 0.224 e. The Balaban J connectivity index is 3.15. The van der Waals surface area contributed by atoms with Gasteiger partial charge in [0.2, 0.25) is 5.91 Å². The van der Waals surface area contributed by atoms with E-state index < -0.39 is 0 Å². The van der Waals surface area contributed by atoms with Gasteiger partial charge in [0.25, 0.3) is 0 Å². The van der Waals surface area contributed by atoms with Crippen LogP contribution in [-0.4, -0.2) is 26.2 Å². The molecule has 0 unspecified atom stereocenters. The first kappa shape index (κ1) is 15.3. The van der Waals surface area contributed by atoms with Crippen LogP contribution < -0.4 is 20.5 Å². The van der Waals surface area contributed by atoms with Crippen LogP contribution in [-0.2, 0) is 11.2 Å². The molecule has 3 N–H and O–H groups in total. The van der Waals surface area contributed by atoms with E-state index in [0.717, 1.165) is 5.56 Å². The van der Waals surface area contributed by atoms with E-state index in [0.29, 0.717) is 30.0 Å². The minimum absolute atomic E-state index is 0.0229. The molecule has 106 valence electrons. The zero-order valence-electron chi connectivity index (χ0n) is 11.9. The summed E-state index contributed by atoms with van der Waals surface area (Å²) < 4.78 is 10.6. The van der Waals surface area contributed by atoms with Crippen molar-refractivity contribution < 1.29 is 14.3 Å². The van der Waals surface area contributed by atoms with Crippen molar-refractivity contribution in [2.45, 2.75) is 32.7 Å². The fourth-order valence-electron chi connectivity index (χ4n) is 1.80. The fourth-order valence-corrected chi connectivity index (χ4v) is 1.80. The lowest BCUT2D eigenvalue weighted by molar-refractivity contribution is -0.115. The molecule has 1 aromatic rings. The van der Waals surface area contributed by atoms with Crippen molar-refractivity contribution in [1.82, 2.24) is 0 Å². The topological polar surface area (TPSA) is 73.6 Å². The van der Waals surface area contributed by atoms with E-state index in [2.05, 4.69) is 5.32 Å². The highest BCUT2D eigenvalue weighted by molar-refractivity contribution is 5.92. The van der Waals surface area contributed by atoms with Crippen LogP contribution in [0.1, 0.15) is 25.8 Å². The number of rotatable bonds is 6. The van der Waals surface area contributed by atoms with Gasteiger partial charge in [-0.3, -0.25) is 4.79 Å². The number of hydrogen-bond acceptors (Lipinski definition) is 4. The number of ether oxygens (including phenoxy) is 2. The lowest BCUT2D eigenvalue weighted by Gasteiger charge is -2.16. The second kappa shape index (κ2) is 6.99.